The first-order valence-corrected chi connectivity index (χ1v) is 12.6. The van der Waals surface area contributed by atoms with Crippen molar-refractivity contribution in [3.05, 3.63) is 77.2 Å². The molecular formula is C26H22ClFN8O3. The molecule has 1 saturated heterocycles. The van der Waals surface area contributed by atoms with Gasteiger partial charge in [0, 0.05) is 23.4 Å². The average Bonchev–Trinajstić information content (AvgIpc) is 3.71. The minimum atomic E-state index is -0.616. The van der Waals surface area contributed by atoms with Crippen LogP contribution in [0.25, 0.3) is 22.5 Å². The van der Waals surface area contributed by atoms with Crippen LogP contribution in [0.2, 0.25) is 5.02 Å². The summed E-state index contributed by atoms with van der Waals surface area (Å²) < 4.78 is 21.3. The molecule has 2 aromatic carbocycles. The summed E-state index contributed by atoms with van der Waals surface area (Å²) >= 11 is 6.11. The van der Waals surface area contributed by atoms with Crippen molar-refractivity contribution in [2.75, 3.05) is 12.4 Å². The zero-order valence-electron chi connectivity index (χ0n) is 20.6. The van der Waals surface area contributed by atoms with E-state index in [9.17, 15) is 9.59 Å². The molecule has 0 spiro atoms. The number of imidazole rings is 1. The number of anilines is 1. The van der Waals surface area contributed by atoms with Gasteiger partial charge in [0.1, 0.15) is 12.2 Å². The van der Waals surface area contributed by atoms with Gasteiger partial charge in [-0.2, -0.15) is 4.68 Å². The summed E-state index contributed by atoms with van der Waals surface area (Å²) in [6.07, 6.45) is 5.92. The maximum atomic E-state index is 15.3. The SMILES string of the molecule is COC(=O)Nc1ccc(-c2cnc([C@@H]3CC[C@H]4CC(c5c(-n6cnnn6)ccc(Cl)c5F)=CC(=O)N43)[nH]2)cc1. The number of ether oxygens (including phenoxy) is 1. The highest BCUT2D eigenvalue weighted by atomic mass is 35.5. The third-order valence-electron chi connectivity index (χ3n) is 7.04. The molecule has 4 aromatic rings. The number of rotatable bonds is 5. The number of aromatic nitrogens is 6. The zero-order valence-corrected chi connectivity index (χ0v) is 21.4. The molecule has 0 bridgehead atoms. The van der Waals surface area contributed by atoms with Crippen LogP contribution >= 0.6 is 11.6 Å². The molecule has 2 aromatic heterocycles. The number of H-pyrrole nitrogens is 1. The Morgan fingerprint density at radius 1 is 1.21 bits per heavy atom. The van der Waals surface area contributed by atoms with Gasteiger partial charge in [0.25, 0.3) is 0 Å². The van der Waals surface area contributed by atoms with E-state index < -0.39 is 11.9 Å². The maximum Gasteiger partial charge on any atom is 0.411 e. The van der Waals surface area contributed by atoms with Crippen molar-refractivity contribution in [2.45, 2.75) is 31.3 Å². The number of hydrogen-bond donors (Lipinski definition) is 2. The topological polar surface area (TPSA) is 131 Å². The molecule has 11 nitrogen and oxygen atoms in total. The van der Waals surface area contributed by atoms with E-state index in [1.165, 1.54) is 30.3 Å². The van der Waals surface area contributed by atoms with Gasteiger partial charge in [-0.1, -0.05) is 23.7 Å². The van der Waals surface area contributed by atoms with Crippen LogP contribution in [-0.2, 0) is 9.53 Å². The van der Waals surface area contributed by atoms with E-state index in [2.05, 4.69) is 35.5 Å². The number of methoxy groups -OCH3 is 1. The Morgan fingerprint density at radius 3 is 2.77 bits per heavy atom. The van der Waals surface area contributed by atoms with Crippen LogP contribution in [0.15, 0.2) is 55.0 Å². The molecule has 2 N–H and O–H groups in total. The Hall–Kier alpha value is -4.58. The number of carbonyl (C=O) groups excluding carboxylic acids is 2. The summed E-state index contributed by atoms with van der Waals surface area (Å²) in [5.41, 5.74) is 3.44. The molecule has 2 aliphatic heterocycles. The predicted octanol–water partition coefficient (Wildman–Crippen LogP) is 4.54. The van der Waals surface area contributed by atoms with Gasteiger partial charge in [-0.15, -0.1) is 5.10 Å². The van der Waals surface area contributed by atoms with Gasteiger partial charge in [0.05, 0.1) is 35.8 Å². The Balaban J connectivity index is 1.25. The highest BCUT2D eigenvalue weighted by molar-refractivity contribution is 6.31. The molecule has 1 fully saturated rings. The molecule has 0 unspecified atom stereocenters. The van der Waals surface area contributed by atoms with Crippen molar-refractivity contribution in [1.29, 1.82) is 0 Å². The van der Waals surface area contributed by atoms with Gasteiger partial charge < -0.3 is 14.6 Å². The lowest BCUT2D eigenvalue weighted by molar-refractivity contribution is -0.129. The van der Waals surface area contributed by atoms with E-state index in [0.717, 1.165) is 17.7 Å². The van der Waals surface area contributed by atoms with Crippen LogP contribution in [0.4, 0.5) is 14.9 Å². The van der Waals surface area contributed by atoms with Crippen LogP contribution in [0.1, 0.15) is 36.7 Å². The molecule has 0 aliphatic carbocycles. The number of carbonyl (C=O) groups is 2. The van der Waals surface area contributed by atoms with Gasteiger partial charge >= 0.3 is 6.09 Å². The van der Waals surface area contributed by atoms with Crippen LogP contribution in [0.5, 0.6) is 0 Å². The molecule has 4 heterocycles. The van der Waals surface area contributed by atoms with E-state index in [1.54, 1.807) is 24.4 Å². The standard InChI is InChI=1S/C26H22ClFN8O3/c1-39-26(38)31-16-4-2-14(3-5-16)19-12-29-25(32-19)21-8-6-17-10-15(11-22(37)36(17)21)23-20(35-13-30-33-34-35)9-7-18(27)24(23)28/h2-5,7,9,11-13,17,21H,6,8,10H2,1H3,(H,29,32)(H,31,38)/t17-,21-/m0/s1. The summed E-state index contributed by atoms with van der Waals surface area (Å²) in [5, 5.41) is 13.7. The van der Waals surface area contributed by atoms with Crippen molar-refractivity contribution < 1.29 is 18.7 Å². The quantitative estimate of drug-likeness (QED) is 0.374. The van der Waals surface area contributed by atoms with Crippen molar-refractivity contribution in [2.24, 2.45) is 0 Å². The lowest BCUT2D eigenvalue weighted by Crippen LogP contribution is -2.39. The fourth-order valence-corrected chi connectivity index (χ4v) is 5.42. The monoisotopic (exact) mass is 548 g/mol. The smallest absolute Gasteiger partial charge is 0.411 e. The summed E-state index contributed by atoms with van der Waals surface area (Å²) in [7, 11) is 1.30. The molecule has 2 amide bonds. The Labute approximate surface area is 226 Å². The molecule has 39 heavy (non-hydrogen) atoms. The Kier molecular flexibility index (Phi) is 6.31. The van der Waals surface area contributed by atoms with Crippen LogP contribution < -0.4 is 5.32 Å². The van der Waals surface area contributed by atoms with Gasteiger partial charge in [0.15, 0.2) is 5.82 Å². The second-order valence-electron chi connectivity index (χ2n) is 9.25. The Morgan fingerprint density at radius 2 is 2.03 bits per heavy atom. The second-order valence-corrected chi connectivity index (χ2v) is 9.66. The summed E-state index contributed by atoms with van der Waals surface area (Å²) in [4.78, 5) is 34.6. The summed E-state index contributed by atoms with van der Waals surface area (Å²) in [6.45, 7) is 0. The van der Waals surface area contributed by atoms with Gasteiger partial charge in [0.2, 0.25) is 5.91 Å². The highest BCUT2D eigenvalue weighted by Crippen LogP contribution is 2.44. The molecule has 13 heteroatoms. The van der Waals surface area contributed by atoms with E-state index in [0.29, 0.717) is 35.6 Å². The number of benzene rings is 2. The predicted molar refractivity (Wildman–Crippen MR) is 139 cm³/mol. The number of fused-ring (bicyclic) bond motifs is 1. The fourth-order valence-electron chi connectivity index (χ4n) is 5.26. The molecule has 2 aliphatic rings. The number of hydrogen-bond acceptors (Lipinski definition) is 7. The van der Waals surface area contributed by atoms with E-state index in [-0.39, 0.29) is 28.6 Å². The first kappa shape index (κ1) is 24.7. The maximum absolute atomic E-state index is 15.3. The van der Waals surface area contributed by atoms with E-state index in [4.69, 9.17) is 11.6 Å². The number of tetrazole rings is 1. The van der Waals surface area contributed by atoms with Crippen molar-refractivity contribution >= 4 is 34.9 Å². The molecule has 2 atom stereocenters. The lowest BCUT2D eigenvalue weighted by Gasteiger charge is -2.33. The number of aromatic amines is 1. The number of halogens is 2. The highest BCUT2D eigenvalue weighted by Gasteiger charge is 2.42. The third kappa shape index (κ3) is 4.52. The third-order valence-corrected chi connectivity index (χ3v) is 7.33. The minimum absolute atomic E-state index is 0.0425. The molecule has 0 radical (unpaired) electrons. The first-order chi connectivity index (χ1) is 18.9. The summed E-state index contributed by atoms with van der Waals surface area (Å²) in [5.74, 6) is -0.157. The van der Waals surface area contributed by atoms with Gasteiger partial charge in [-0.3, -0.25) is 10.1 Å². The summed E-state index contributed by atoms with van der Waals surface area (Å²) in [6, 6.07) is 9.94. The van der Waals surface area contributed by atoms with Gasteiger partial charge in [-0.05, 0) is 65.1 Å². The average molecular weight is 549 g/mol. The van der Waals surface area contributed by atoms with Crippen molar-refractivity contribution in [1.82, 2.24) is 35.1 Å². The largest absolute Gasteiger partial charge is 0.453 e. The molecular weight excluding hydrogens is 527 g/mol. The molecule has 0 saturated carbocycles. The van der Waals surface area contributed by atoms with Crippen LogP contribution in [0, 0.1) is 5.82 Å². The molecule has 6 rings (SSSR count). The van der Waals surface area contributed by atoms with Gasteiger partial charge in [-0.25, -0.2) is 14.2 Å². The molecule has 198 valence electrons. The Bertz CT molecular complexity index is 1590. The van der Waals surface area contributed by atoms with E-state index >= 15 is 4.39 Å². The van der Waals surface area contributed by atoms with E-state index in [1.807, 2.05) is 17.0 Å². The number of nitrogens with one attached hydrogen (secondary N) is 2. The second kappa shape index (κ2) is 9.95. The number of amides is 2. The van der Waals surface area contributed by atoms with Crippen LogP contribution in [0.3, 0.4) is 0 Å². The van der Waals surface area contributed by atoms with Crippen molar-refractivity contribution in [3.8, 4) is 16.9 Å². The number of nitrogens with zero attached hydrogens (tertiary/aromatic N) is 6. The van der Waals surface area contributed by atoms with Crippen LogP contribution in [-0.4, -0.2) is 60.2 Å². The minimum Gasteiger partial charge on any atom is -0.453 e. The van der Waals surface area contributed by atoms with Crippen molar-refractivity contribution in [3.63, 3.8) is 0 Å². The fraction of sp³-hybridized carbons (Fsp3) is 0.231. The zero-order chi connectivity index (χ0) is 27.1. The normalized spacial score (nSPS) is 18.6. The lowest BCUT2D eigenvalue weighted by atomic mass is 9.92. The first-order valence-electron chi connectivity index (χ1n) is 12.2.